The summed E-state index contributed by atoms with van der Waals surface area (Å²) >= 11 is 0. The zero-order valence-corrected chi connectivity index (χ0v) is 17.1. The third kappa shape index (κ3) is 4.32. The Morgan fingerprint density at radius 1 is 1.10 bits per heavy atom. The second kappa shape index (κ2) is 8.32. The number of aromatic nitrogens is 3. The molecule has 0 aromatic carbocycles. The molecule has 2 aromatic heterocycles. The smallest absolute Gasteiger partial charge is 0.255 e. The van der Waals surface area contributed by atoms with Gasteiger partial charge in [0.15, 0.2) is 0 Å². The number of likely N-dealkylation sites (N-methyl/N-ethyl adjacent to an activating group) is 1. The van der Waals surface area contributed by atoms with E-state index in [1.54, 1.807) is 17.1 Å². The lowest BCUT2D eigenvalue weighted by Crippen LogP contribution is -2.47. The Morgan fingerprint density at radius 2 is 1.90 bits per heavy atom. The maximum Gasteiger partial charge on any atom is 0.255 e. The van der Waals surface area contributed by atoms with Gasteiger partial charge < -0.3 is 14.7 Å². The van der Waals surface area contributed by atoms with Gasteiger partial charge in [0.25, 0.3) is 5.91 Å². The minimum absolute atomic E-state index is 0.0329. The molecular formula is C21H28N6O2. The van der Waals surface area contributed by atoms with Crippen LogP contribution in [0.15, 0.2) is 30.7 Å². The number of likely N-dealkylation sites (tertiary alicyclic amines) is 1. The molecule has 4 rings (SSSR count). The lowest BCUT2D eigenvalue weighted by Gasteiger charge is -2.32. The zero-order valence-electron chi connectivity index (χ0n) is 17.1. The monoisotopic (exact) mass is 396 g/mol. The van der Waals surface area contributed by atoms with Gasteiger partial charge in [-0.1, -0.05) is 0 Å². The summed E-state index contributed by atoms with van der Waals surface area (Å²) in [6.07, 6.45) is 7.14. The highest BCUT2D eigenvalue weighted by Gasteiger charge is 2.31. The SMILES string of the molecule is Cc1cnn(CC(=O)N2CCC[C@H]2c2ccc(C(=O)N3CCN(C)CC3)cn2)c1. The summed E-state index contributed by atoms with van der Waals surface area (Å²) in [5, 5.41) is 4.21. The van der Waals surface area contributed by atoms with Crippen LogP contribution in [0.5, 0.6) is 0 Å². The number of pyridine rings is 1. The average molecular weight is 396 g/mol. The second-order valence-electron chi connectivity index (χ2n) is 8.03. The fraction of sp³-hybridized carbons (Fsp3) is 0.524. The highest BCUT2D eigenvalue weighted by molar-refractivity contribution is 5.94. The first-order valence-electron chi connectivity index (χ1n) is 10.2. The lowest BCUT2D eigenvalue weighted by molar-refractivity contribution is -0.133. The third-order valence-electron chi connectivity index (χ3n) is 5.80. The summed E-state index contributed by atoms with van der Waals surface area (Å²) in [6.45, 7) is 6.21. The molecule has 2 amide bonds. The van der Waals surface area contributed by atoms with Crippen LogP contribution in [0.4, 0.5) is 0 Å². The molecule has 8 nitrogen and oxygen atoms in total. The van der Waals surface area contributed by atoms with Gasteiger partial charge in [0.2, 0.25) is 5.91 Å². The Bertz CT molecular complexity index is 870. The van der Waals surface area contributed by atoms with Gasteiger partial charge in [-0.25, -0.2) is 0 Å². The van der Waals surface area contributed by atoms with Crippen molar-refractivity contribution in [1.82, 2.24) is 29.5 Å². The van der Waals surface area contributed by atoms with Crippen LogP contribution < -0.4 is 0 Å². The van der Waals surface area contributed by atoms with Crippen LogP contribution in [-0.4, -0.2) is 81.1 Å². The molecule has 0 unspecified atom stereocenters. The number of carbonyl (C=O) groups excluding carboxylic acids is 2. The molecule has 8 heteroatoms. The summed E-state index contributed by atoms with van der Waals surface area (Å²) in [5.41, 5.74) is 2.50. The molecule has 2 aliphatic rings. The van der Waals surface area contributed by atoms with E-state index in [1.165, 1.54) is 0 Å². The van der Waals surface area contributed by atoms with Crippen molar-refractivity contribution >= 4 is 11.8 Å². The highest BCUT2D eigenvalue weighted by atomic mass is 16.2. The number of carbonyl (C=O) groups is 2. The van der Waals surface area contributed by atoms with Crippen molar-refractivity contribution in [2.24, 2.45) is 0 Å². The molecule has 0 bridgehead atoms. The molecule has 0 radical (unpaired) electrons. The number of nitrogens with zero attached hydrogens (tertiary/aromatic N) is 6. The Morgan fingerprint density at radius 3 is 2.55 bits per heavy atom. The Labute approximate surface area is 171 Å². The maximum absolute atomic E-state index is 12.8. The molecular weight excluding hydrogens is 368 g/mol. The van der Waals surface area contributed by atoms with Crippen molar-refractivity contribution in [2.75, 3.05) is 39.8 Å². The number of rotatable bonds is 4. The minimum atomic E-state index is -0.0352. The first-order valence-corrected chi connectivity index (χ1v) is 10.2. The van der Waals surface area contributed by atoms with Gasteiger partial charge in [0, 0.05) is 45.1 Å². The maximum atomic E-state index is 12.8. The van der Waals surface area contributed by atoms with Crippen molar-refractivity contribution in [3.63, 3.8) is 0 Å². The first kappa shape index (κ1) is 19.6. The molecule has 2 aliphatic heterocycles. The number of amides is 2. The van der Waals surface area contributed by atoms with Crippen molar-refractivity contribution in [1.29, 1.82) is 0 Å². The van der Waals surface area contributed by atoms with Gasteiger partial charge in [-0.15, -0.1) is 0 Å². The lowest BCUT2D eigenvalue weighted by atomic mass is 10.1. The summed E-state index contributed by atoms with van der Waals surface area (Å²) < 4.78 is 1.68. The molecule has 4 heterocycles. The predicted octanol–water partition coefficient (Wildman–Crippen LogP) is 1.34. The van der Waals surface area contributed by atoms with E-state index in [-0.39, 0.29) is 24.4 Å². The van der Waals surface area contributed by atoms with E-state index >= 15 is 0 Å². The van der Waals surface area contributed by atoms with Gasteiger partial charge >= 0.3 is 0 Å². The molecule has 2 aromatic rings. The van der Waals surface area contributed by atoms with Gasteiger partial charge in [-0.05, 0) is 44.5 Å². The minimum Gasteiger partial charge on any atom is -0.336 e. The number of aryl methyl sites for hydroxylation is 1. The highest BCUT2D eigenvalue weighted by Crippen LogP contribution is 2.31. The number of hydrogen-bond acceptors (Lipinski definition) is 5. The van der Waals surface area contributed by atoms with Crippen molar-refractivity contribution in [3.8, 4) is 0 Å². The van der Waals surface area contributed by atoms with Gasteiger partial charge in [-0.3, -0.25) is 19.3 Å². The van der Waals surface area contributed by atoms with E-state index in [4.69, 9.17) is 0 Å². The van der Waals surface area contributed by atoms with Crippen LogP contribution in [0.25, 0.3) is 0 Å². The molecule has 29 heavy (non-hydrogen) atoms. The largest absolute Gasteiger partial charge is 0.336 e. The zero-order chi connectivity index (χ0) is 20.4. The third-order valence-corrected chi connectivity index (χ3v) is 5.80. The number of piperazine rings is 1. The van der Waals surface area contributed by atoms with E-state index < -0.39 is 0 Å². The standard InChI is InChI=1S/C21H28N6O2/c1-16-12-23-26(14-16)15-20(28)27-7-3-4-19(27)18-6-5-17(13-22-18)21(29)25-10-8-24(2)9-11-25/h5-6,12-14,19H,3-4,7-11,15H2,1-2H3/t19-/m0/s1. The van der Waals surface area contributed by atoms with Crippen molar-refractivity contribution in [3.05, 3.63) is 47.5 Å². The van der Waals surface area contributed by atoms with Crippen LogP contribution in [0, 0.1) is 6.92 Å². The van der Waals surface area contributed by atoms with E-state index in [1.807, 2.05) is 35.1 Å². The van der Waals surface area contributed by atoms with E-state index in [2.05, 4.69) is 22.0 Å². The molecule has 0 aliphatic carbocycles. The summed E-state index contributed by atoms with van der Waals surface area (Å²) in [5.74, 6) is 0.0838. The fourth-order valence-electron chi connectivity index (χ4n) is 4.08. The van der Waals surface area contributed by atoms with Crippen molar-refractivity contribution in [2.45, 2.75) is 32.4 Å². The van der Waals surface area contributed by atoms with Crippen LogP contribution >= 0.6 is 0 Å². The molecule has 154 valence electrons. The van der Waals surface area contributed by atoms with Gasteiger partial charge in [0.05, 0.1) is 23.5 Å². The molecule has 2 fully saturated rings. The Kier molecular flexibility index (Phi) is 5.62. The predicted molar refractivity (Wildman–Crippen MR) is 108 cm³/mol. The average Bonchev–Trinajstić information content (AvgIpc) is 3.37. The van der Waals surface area contributed by atoms with E-state index in [9.17, 15) is 9.59 Å². The van der Waals surface area contributed by atoms with E-state index in [0.29, 0.717) is 5.56 Å². The van der Waals surface area contributed by atoms with Crippen LogP contribution in [-0.2, 0) is 11.3 Å². The Hall–Kier alpha value is -2.74. The first-order chi connectivity index (χ1) is 14.0. The molecule has 0 N–H and O–H groups in total. The van der Waals surface area contributed by atoms with E-state index in [0.717, 1.165) is 56.8 Å². The van der Waals surface area contributed by atoms with Gasteiger partial charge in [0.1, 0.15) is 6.54 Å². The molecule has 1 atom stereocenters. The topological polar surface area (TPSA) is 74.6 Å². The van der Waals surface area contributed by atoms with Crippen molar-refractivity contribution < 1.29 is 9.59 Å². The van der Waals surface area contributed by atoms with Crippen LogP contribution in [0.2, 0.25) is 0 Å². The van der Waals surface area contributed by atoms with Crippen LogP contribution in [0.3, 0.4) is 0 Å². The summed E-state index contributed by atoms with van der Waals surface area (Å²) in [7, 11) is 2.07. The fourth-order valence-corrected chi connectivity index (χ4v) is 4.08. The molecule has 0 saturated carbocycles. The summed E-state index contributed by atoms with van der Waals surface area (Å²) in [6, 6.07) is 3.71. The molecule has 0 spiro atoms. The molecule has 2 saturated heterocycles. The normalized spacial score (nSPS) is 20.3. The second-order valence-corrected chi connectivity index (χ2v) is 8.03. The Balaban J connectivity index is 1.42. The number of hydrogen-bond donors (Lipinski definition) is 0. The van der Waals surface area contributed by atoms with Crippen LogP contribution in [0.1, 0.15) is 40.5 Å². The van der Waals surface area contributed by atoms with Gasteiger partial charge in [-0.2, -0.15) is 5.10 Å². The summed E-state index contributed by atoms with van der Waals surface area (Å²) in [4.78, 5) is 36.1. The quantitative estimate of drug-likeness (QED) is 0.780.